The summed E-state index contributed by atoms with van der Waals surface area (Å²) in [6.07, 6.45) is 1.10. The number of carboxylic acid groups (broad SMARTS) is 1. The van der Waals surface area contributed by atoms with E-state index in [1.807, 2.05) is 66.7 Å². The van der Waals surface area contributed by atoms with Gasteiger partial charge in [-0.15, -0.1) is 0 Å². The number of hydrogen-bond acceptors (Lipinski definition) is 4. The molecular formula is C31H25NO5. The molecule has 0 bridgehead atoms. The maximum Gasteiger partial charge on any atom is 0.512 e. The smallest absolute Gasteiger partial charge is 0.493 e. The number of carbonyl (C=O) groups excluding carboxylic acids is 1. The van der Waals surface area contributed by atoms with Crippen LogP contribution in [0.1, 0.15) is 34.3 Å². The number of para-hydroxylation sites is 1. The molecule has 6 heteroatoms. The zero-order valence-electron chi connectivity index (χ0n) is 20.1. The molecule has 1 aromatic heterocycles. The van der Waals surface area contributed by atoms with Crippen molar-refractivity contribution in [2.24, 2.45) is 0 Å². The van der Waals surface area contributed by atoms with Gasteiger partial charge in [0.25, 0.3) is 0 Å². The summed E-state index contributed by atoms with van der Waals surface area (Å²) in [4.78, 5) is 27.0. The molecule has 0 radical (unpaired) electrons. The summed E-state index contributed by atoms with van der Waals surface area (Å²) in [6.45, 7) is 0.473. The van der Waals surface area contributed by atoms with Gasteiger partial charge in [-0.2, -0.15) is 0 Å². The zero-order valence-corrected chi connectivity index (χ0v) is 20.1. The second kappa shape index (κ2) is 9.47. The van der Waals surface area contributed by atoms with Gasteiger partial charge in [-0.1, -0.05) is 72.8 Å². The van der Waals surface area contributed by atoms with E-state index in [1.54, 1.807) is 0 Å². The minimum absolute atomic E-state index is 0.164. The second-order valence-corrected chi connectivity index (χ2v) is 9.21. The first-order chi connectivity index (χ1) is 18.1. The van der Waals surface area contributed by atoms with Crippen LogP contribution in [0.25, 0.3) is 32.8 Å². The molecule has 0 aliphatic heterocycles. The summed E-state index contributed by atoms with van der Waals surface area (Å²) in [5.74, 6) is 1.22. The van der Waals surface area contributed by atoms with Crippen LogP contribution in [0.5, 0.6) is 11.6 Å². The molecule has 184 valence electrons. The second-order valence-electron chi connectivity index (χ2n) is 9.21. The van der Waals surface area contributed by atoms with Crippen molar-refractivity contribution in [2.75, 3.05) is 6.61 Å². The zero-order chi connectivity index (χ0) is 25.4. The number of rotatable bonds is 7. The molecule has 0 unspecified atom stereocenters. The fourth-order valence-corrected chi connectivity index (χ4v) is 5.39. The maximum atomic E-state index is 12.3. The van der Waals surface area contributed by atoms with Crippen LogP contribution in [-0.4, -0.2) is 28.6 Å². The Morgan fingerprint density at radius 1 is 0.838 bits per heavy atom. The highest BCUT2D eigenvalue weighted by Gasteiger charge is 2.24. The highest BCUT2D eigenvalue weighted by atomic mass is 16.7. The molecule has 4 aromatic carbocycles. The Labute approximate surface area is 213 Å². The summed E-state index contributed by atoms with van der Waals surface area (Å²) in [5, 5.41) is 12.5. The third-order valence-corrected chi connectivity index (χ3v) is 7.04. The van der Waals surface area contributed by atoms with E-state index < -0.39 is 6.16 Å². The van der Waals surface area contributed by atoms with Gasteiger partial charge in [0, 0.05) is 33.9 Å². The molecule has 6 rings (SSSR count). The molecule has 0 saturated carbocycles. The number of nitrogens with one attached hydrogen (secondary N) is 1. The largest absolute Gasteiger partial charge is 0.512 e. The Balaban J connectivity index is 1.31. The van der Waals surface area contributed by atoms with Gasteiger partial charge in [0.15, 0.2) is 5.78 Å². The molecule has 5 aromatic rings. The first-order valence-electron chi connectivity index (χ1n) is 12.4. The van der Waals surface area contributed by atoms with Crippen molar-refractivity contribution in [3.05, 3.63) is 95.6 Å². The molecule has 0 amide bonds. The van der Waals surface area contributed by atoms with E-state index in [0.717, 1.165) is 55.2 Å². The van der Waals surface area contributed by atoms with Crippen molar-refractivity contribution < 1.29 is 24.2 Å². The van der Waals surface area contributed by atoms with Crippen molar-refractivity contribution in [2.45, 2.75) is 25.7 Å². The molecule has 0 fully saturated rings. The standard InChI is InChI=1S/C31H25NO5/c33-27-17-16-22-21(10-4-11-23(22)27)24-12-5-13-25-26(30(32-29(24)25)37-31(34)35)14-6-18-36-28-15-3-8-19-7-1-2-9-20(19)28/h1-5,7-13,15,32H,6,14,16-18H2,(H,34,35). The van der Waals surface area contributed by atoms with Crippen LogP contribution in [0, 0.1) is 0 Å². The van der Waals surface area contributed by atoms with Gasteiger partial charge in [0.05, 0.1) is 12.1 Å². The molecule has 1 heterocycles. The van der Waals surface area contributed by atoms with Crippen LogP contribution in [0.2, 0.25) is 0 Å². The topological polar surface area (TPSA) is 88.6 Å². The van der Waals surface area contributed by atoms with Crippen LogP contribution in [-0.2, 0) is 12.8 Å². The summed E-state index contributed by atoms with van der Waals surface area (Å²) < 4.78 is 11.3. The fraction of sp³-hybridized carbons (Fsp3) is 0.161. The van der Waals surface area contributed by atoms with Crippen LogP contribution in [0.3, 0.4) is 0 Å². The van der Waals surface area contributed by atoms with Gasteiger partial charge in [0.2, 0.25) is 5.88 Å². The van der Waals surface area contributed by atoms with Crippen LogP contribution in [0.15, 0.2) is 78.9 Å². The number of hydrogen-bond donors (Lipinski definition) is 2. The van der Waals surface area contributed by atoms with Gasteiger partial charge in [0.1, 0.15) is 5.75 Å². The summed E-state index contributed by atoms with van der Waals surface area (Å²) >= 11 is 0. The molecule has 2 N–H and O–H groups in total. The van der Waals surface area contributed by atoms with Crippen molar-refractivity contribution in [1.82, 2.24) is 4.98 Å². The first kappa shape index (κ1) is 22.9. The third-order valence-electron chi connectivity index (χ3n) is 7.04. The molecule has 0 saturated heterocycles. The van der Waals surface area contributed by atoms with Crippen molar-refractivity contribution in [3.8, 4) is 22.8 Å². The van der Waals surface area contributed by atoms with Gasteiger partial charge in [-0.3, -0.25) is 4.79 Å². The predicted octanol–water partition coefficient (Wildman–Crippen LogP) is 7.19. The average Bonchev–Trinajstić information content (AvgIpc) is 3.46. The van der Waals surface area contributed by atoms with E-state index in [0.29, 0.717) is 32.3 Å². The minimum atomic E-state index is -1.37. The fourth-order valence-electron chi connectivity index (χ4n) is 5.39. The van der Waals surface area contributed by atoms with Gasteiger partial charge in [-0.05, 0) is 41.8 Å². The normalized spacial score (nSPS) is 12.7. The number of carbonyl (C=O) groups is 2. The molecule has 0 atom stereocenters. The van der Waals surface area contributed by atoms with E-state index in [1.165, 1.54) is 0 Å². The lowest BCUT2D eigenvalue weighted by Gasteiger charge is -2.10. The van der Waals surface area contributed by atoms with Crippen molar-refractivity contribution in [1.29, 1.82) is 0 Å². The van der Waals surface area contributed by atoms with Crippen LogP contribution < -0.4 is 9.47 Å². The summed E-state index contributed by atoms with van der Waals surface area (Å²) in [5.41, 5.74) is 5.33. The Morgan fingerprint density at radius 2 is 1.57 bits per heavy atom. The lowest BCUT2D eigenvalue weighted by molar-refractivity contribution is 0.0994. The Kier molecular flexibility index (Phi) is 5.85. The number of ketones is 1. The van der Waals surface area contributed by atoms with E-state index in [-0.39, 0.29) is 11.7 Å². The number of aromatic amines is 1. The monoisotopic (exact) mass is 491 g/mol. The summed E-state index contributed by atoms with van der Waals surface area (Å²) in [7, 11) is 0. The van der Waals surface area contributed by atoms with Gasteiger partial charge >= 0.3 is 6.16 Å². The lowest BCUT2D eigenvalue weighted by atomic mass is 9.94. The number of benzene rings is 4. The highest BCUT2D eigenvalue weighted by molar-refractivity contribution is 6.05. The predicted molar refractivity (Wildman–Crippen MR) is 143 cm³/mol. The highest BCUT2D eigenvalue weighted by Crippen LogP contribution is 2.39. The van der Waals surface area contributed by atoms with Gasteiger partial charge < -0.3 is 19.6 Å². The minimum Gasteiger partial charge on any atom is -0.493 e. The number of aromatic nitrogens is 1. The summed E-state index contributed by atoms with van der Waals surface area (Å²) in [6, 6.07) is 25.8. The lowest BCUT2D eigenvalue weighted by Crippen LogP contribution is -2.06. The molecule has 37 heavy (non-hydrogen) atoms. The Bertz CT molecular complexity index is 1660. The third kappa shape index (κ3) is 4.20. The van der Waals surface area contributed by atoms with E-state index >= 15 is 0 Å². The Morgan fingerprint density at radius 3 is 2.46 bits per heavy atom. The van der Waals surface area contributed by atoms with Crippen LogP contribution in [0.4, 0.5) is 4.79 Å². The van der Waals surface area contributed by atoms with Crippen molar-refractivity contribution in [3.63, 3.8) is 0 Å². The molecule has 1 aliphatic carbocycles. The van der Waals surface area contributed by atoms with Crippen LogP contribution >= 0.6 is 0 Å². The number of Topliss-reactive ketones (excluding diaryl/α,β-unsaturated/α-hetero) is 1. The molecule has 0 spiro atoms. The average molecular weight is 492 g/mol. The number of fused-ring (bicyclic) bond motifs is 3. The number of aryl methyl sites for hydroxylation is 1. The SMILES string of the molecule is O=C(O)Oc1[nH]c2c(-c3cccc4c3CCC4=O)cccc2c1CCCOc1cccc2ccccc12. The first-order valence-corrected chi connectivity index (χ1v) is 12.4. The van der Waals surface area contributed by atoms with Gasteiger partial charge in [-0.25, -0.2) is 4.79 Å². The number of ether oxygens (including phenoxy) is 2. The van der Waals surface area contributed by atoms with E-state index in [4.69, 9.17) is 9.47 Å². The van der Waals surface area contributed by atoms with E-state index in [9.17, 15) is 14.7 Å². The molecule has 6 nitrogen and oxygen atoms in total. The Hall–Kier alpha value is -4.58. The maximum absolute atomic E-state index is 12.3. The molecular weight excluding hydrogens is 466 g/mol. The number of H-pyrrole nitrogens is 1. The van der Waals surface area contributed by atoms with E-state index in [2.05, 4.69) is 17.1 Å². The molecule has 1 aliphatic rings. The quantitative estimate of drug-likeness (QED) is 0.186. The van der Waals surface area contributed by atoms with Crippen molar-refractivity contribution >= 4 is 33.6 Å².